The first-order valence-corrected chi connectivity index (χ1v) is 5.68. The van der Waals surface area contributed by atoms with Crippen molar-refractivity contribution in [1.82, 2.24) is 0 Å². The van der Waals surface area contributed by atoms with Crippen molar-refractivity contribution in [3.8, 4) is 12.3 Å². The monoisotopic (exact) mass is 228 g/mol. The molecule has 0 aliphatic rings. The highest BCUT2D eigenvalue weighted by molar-refractivity contribution is 5.82. The van der Waals surface area contributed by atoms with Gasteiger partial charge in [0.2, 0.25) is 0 Å². The van der Waals surface area contributed by atoms with Gasteiger partial charge in [0, 0.05) is 24.8 Å². The molecule has 1 rings (SSSR count). The van der Waals surface area contributed by atoms with E-state index in [0.29, 0.717) is 25.7 Å². The lowest BCUT2D eigenvalue weighted by Gasteiger charge is -2.01. The minimum atomic E-state index is 0.132. The smallest absolute Gasteiger partial charge is 0.137 e. The summed E-state index contributed by atoms with van der Waals surface area (Å²) in [6, 6.07) is 7.43. The molecule has 0 saturated carbocycles. The molecule has 17 heavy (non-hydrogen) atoms. The van der Waals surface area contributed by atoms with Gasteiger partial charge in [-0.1, -0.05) is 18.1 Å². The molecule has 0 saturated heterocycles. The number of Topliss-reactive ketones (excluding diaryl/α,β-unsaturated/α-hetero) is 2. The molecule has 1 aromatic carbocycles. The van der Waals surface area contributed by atoms with E-state index in [1.807, 2.05) is 24.3 Å². The number of carbonyl (C=O) groups is 2. The van der Waals surface area contributed by atoms with Gasteiger partial charge in [-0.15, -0.1) is 6.42 Å². The van der Waals surface area contributed by atoms with Crippen LogP contribution in [0.25, 0.3) is 0 Å². The Labute approximate surface area is 102 Å². The van der Waals surface area contributed by atoms with Crippen LogP contribution < -0.4 is 0 Å². The predicted octanol–water partition coefficient (Wildman–Crippen LogP) is 2.54. The third-order valence-corrected chi connectivity index (χ3v) is 2.48. The predicted molar refractivity (Wildman–Crippen MR) is 67.6 cm³/mol. The van der Waals surface area contributed by atoms with Crippen LogP contribution in [0.4, 0.5) is 0 Å². The zero-order valence-corrected chi connectivity index (χ0v) is 10.0. The molecule has 0 fully saturated rings. The van der Waals surface area contributed by atoms with Gasteiger partial charge in [-0.25, -0.2) is 0 Å². The summed E-state index contributed by atoms with van der Waals surface area (Å²) in [5, 5.41) is 0. The second-order valence-electron chi connectivity index (χ2n) is 4.12. The Morgan fingerprint density at radius 2 is 2.06 bits per heavy atom. The molecule has 88 valence electrons. The summed E-state index contributed by atoms with van der Waals surface area (Å²) in [6.07, 6.45) is 7.27. The van der Waals surface area contributed by atoms with Crippen LogP contribution in [0.5, 0.6) is 0 Å². The molecule has 2 heteroatoms. The number of benzene rings is 1. The number of hydrogen-bond acceptors (Lipinski definition) is 2. The van der Waals surface area contributed by atoms with E-state index in [4.69, 9.17) is 6.42 Å². The first-order chi connectivity index (χ1) is 8.11. The third-order valence-electron chi connectivity index (χ3n) is 2.48. The number of rotatable bonds is 6. The van der Waals surface area contributed by atoms with E-state index in [-0.39, 0.29) is 11.6 Å². The van der Waals surface area contributed by atoms with Crippen LogP contribution in [0.2, 0.25) is 0 Å². The van der Waals surface area contributed by atoms with Gasteiger partial charge in [0.25, 0.3) is 0 Å². The van der Waals surface area contributed by atoms with Crippen LogP contribution >= 0.6 is 0 Å². The highest BCUT2D eigenvalue weighted by Crippen LogP contribution is 2.08. The maximum Gasteiger partial charge on any atom is 0.137 e. The van der Waals surface area contributed by atoms with E-state index >= 15 is 0 Å². The largest absolute Gasteiger partial charge is 0.300 e. The molecule has 0 aromatic heterocycles. The van der Waals surface area contributed by atoms with Gasteiger partial charge in [-0.05, 0) is 31.0 Å². The van der Waals surface area contributed by atoms with Crippen molar-refractivity contribution in [3.63, 3.8) is 0 Å². The summed E-state index contributed by atoms with van der Waals surface area (Å²) in [5.41, 5.74) is 1.73. The van der Waals surface area contributed by atoms with Crippen LogP contribution in [0.1, 0.15) is 37.3 Å². The molecule has 0 atom stereocenters. The van der Waals surface area contributed by atoms with Gasteiger partial charge in [0.05, 0.1) is 0 Å². The lowest BCUT2D eigenvalue weighted by molar-refractivity contribution is -0.119. The van der Waals surface area contributed by atoms with E-state index in [1.54, 1.807) is 6.92 Å². The Morgan fingerprint density at radius 1 is 1.29 bits per heavy atom. The van der Waals surface area contributed by atoms with Crippen molar-refractivity contribution >= 4 is 11.6 Å². The van der Waals surface area contributed by atoms with Crippen molar-refractivity contribution in [1.29, 1.82) is 0 Å². The van der Waals surface area contributed by atoms with Crippen LogP contribution in [0, 0.1) is 12.3 Å². The number of carbonyl (C=O) groups excluding carboxylic acids is 2. The maximum absolute atomic E-state index is 11.6. The summed E-state index contributed by atoms with van der Waals surface area (Å²) < 4.78 is 0. The highest BCUT2D eigenvalue weighted by Gasteiger charge is 2.05. The topological polar surface area (TPSA) is 34.1 Å². The summed E-state index contributed by atoms with van der Waals surface area (Å²) >= 11 is 0. The molecule has 0 aliphatic carbocycles. The Hall–Kier alpha value is -1.88. The third kappa shape index (κ3) is 5.12. The Bertz CT molecular complexity index is 452. The van der Waals surface area contributed by atoms with Gasteiger partial charge in [-0.3, -0.25) is 4.79 Å². The molecule has 0 bridgehead atoms. The van der Waals surface area contributed by atoms with Crippen molar-refractivity contribution in [2.45, 2.75) is 32.6 Å². The first-order valence-electron chi connectivity index (χ1n) is 5.68. The van der Waals surface area contributed by atoms with Gasteiger partial charge in [-0.2, -0.15) is 0 Å². The SMILES string of the molecule is C#Cc1cccc(CC(=O)CCCC(C)=O)c1. The van der Waals surface area contributed by atoms with E-state index in [9.17, 15) is 9.59 Å². The van der Waals surface area contributed by atoms with Gasteiger partial charge < -0.3 is 4.79 Å². The second kappa shape index (κ2) is 6.65. The van der Waals surface area contributed by atoms with Crippen molar-refractivity contribution < 1.29 is 9.59 Å². The Kier molecular flexibility index (Phi) is 5.16. The maximum atomic E-state index is 11.6. The lowest BCUT2D eigenvalue weighted by atomic mass is 10.0. The average molecular weight is 228 g/mol. The molecule has 0 spiro atoms. The molecular formula is C15H16O2. The average Bonchev–Trinajstić information content (AvgIpc) is 2.28. The zero-order chi connectivity index (χ0) is 12.7. The van der Waals surface area contributed by atoms with Crippen LogP contribution in [-0.2, 0) is 16.0 Å². The van der Waals surface area contributed by atoms with Gasteiger partial charge >= 0.3 is 0 Å². The summed E-state index contributed by atoms with van der Waals surface area (Å²) in [6.45, 7) is 1.54. The summed E-state index contributed by atoms with van der Waals surface area (Å²) in [7, 11) is 0. The Balaban J connectivity index is 2.45. The van der Waals surface area contributed by atoms with Crippen LogP contribution in [0.3, 0.4) is 0 Å². The Morgan fingerprint density at radius 3 is 2.71 bits per heavy atom. The molecule has 0 heterocycles. The van der Waals surface area contributed by atoms with Crippen LogP contribution in [-0.4, -0.2) is 11.6 Å². The van der Waals surface area contributed by atoms with E-state index in [1.165, 1.54) is 0 Å². The van der Waals surface area contributed by atoms with Gasteiger partial charge in [0.15, 0.2) is 0 Å². The minimum Gasteiger partial charge on any atom is -0.300 e. The number of ketones is 2. The zero-order valence-electron chi connectivity index (χ0n) is 10.0. The molecule has 0 aliphatic heterocycles. The summed E-state index contributed by atoms with van der Waals surface area (Å²) in [5.74, 6) is 2.83. The normalized spacial score (nSPS) is 9.65. The second-order valence-corrected chi connectivity index (χ2v) is 4.12. The van der Waals surface area contributed by atoms with E-state index in [2.05, 4.69) is 5.92 Å². The van der Waals surface area contributed by atoms with E-state index < -0.39 is 0 Å². The molecular weight excluding hydrogens is 212 g/mol. The van der Waals surface area contributed by atoms with E-state index in [0.717, 1.165) is 11.1 Å². The number of hydrogen-bond donors (Lipinski definition) is 0. The first kappa shape index (κ1) is 13.2. The van der Waals surface area contributed by atoms with Gasteiger partial charge in [0.1, 0.15) is 11.6 Å². The molecule has 2 nitrogen and oxygen atoms in total. The fourth-order valence-electron chi connectivity index (χ4n) is 1.62. The fraction of sp³-hybridized carbons (Fsp3) is 0.333. The summed E-state index contributed by atoms with van der Waals surface area (Å²) in [4.78, 5) is 22.4. The quantitative estimate of drug-likeness (QED) is 0.701. The van der Waals surface area contributed by atoms with Crippen LogP contribution in [0.15, 0.2) is 24.3 Å². The molecule has 1 aromatic rings. The lowest BCUT2D eigenvalue weighted by Crippen LogP contribution is -2.03. The number of terminal acetylenes is 1. The minimum absolute atomic E-state index is 0.132. The standard InChI is InChI=1S/C15H16O2/c1-3-13-7-5-8-14(10-13)11-15(17)9-4-6-12(2)16/h1,5,7-8,10H,4,6,9,11H2,2H3. The molecule has 0 radical (unpaired) electrons. The van der Waals surface area contributed by atoms with Crippen molar-refractivity contribution in [2.24, 2.45) is 0 Å². The van der Waals surface area contributed by atoms with Crippen molar-refractivity contribution in [3.05, 3.63) is 35.4 Å². The van der Waals surface area contributed by atoms with Crippen molar-refractivity contribution in [2.75, 3.05) is 0 Å². The fourth-order valence-corrected chi connectivity index (χ4v) is 1.62. The molecule has 0 amide bonds. The highest BCUT2D eigenvalue weighted by atomic mass is 16.1. The molecule has 0 N–H and O–H groups in total. The molecule has 0 unspecified atom stereocenters.